The Morgan fingerprint density at radius 1 is 1.17 bits per heavy atom. The Kier molecular flexibility index (Phi) is 4.56. The quantitative estimate of drug-likeness (QED) is 0.444. The Labute approximate surface area is 138 Å². The number of hydrogen-bond acceptors (Lipinski definition) is 4. The zero-order chi connectivity index (χ0) is 16.9. The summed E-state index contributed by atoms with van der Waals surface area (Å²) in [4.78, 5) is 9.53. The number of pyridine rings is 1. The van der Waals surface area contributed by atoms with Crippen molar-refractivity contribution in [1.29, 1.82) is 0 Å². The van der Waals surface area contributed by atoms with Crippen molar-refractivity contribution < 1.29 is 14.0 Å². The van der Waals surface area contributed by atoms with Gasteiger partial charge < -0.3 is 15.3 Å². The lowest BCUT2D eigenvalue weighted by Crippen LogP contribution is -2.15. The summed E-state index contributed by atoms with van der Waals surface area (Å²) in [6, 6.07) is 13.6. The van der Waals surface area contributed by atoms with E-state index >= 15 is 0 Å². The van der Waals surface area contributed by atoms with E-state index < -0.39 is 0 Å². The van der Waals surface area contributed by atoms with Crippen LogP contribution >= 0.6 is 0 Å². The fourth-order valence-corrected chi connectivity index (χ4v) is 2.39. The maximum atomic E-state index is 13.8. The lowest BCUT2D eigenvalue weighted by Gasteiger charge is -2.08. The molecule has 0 aliphatic heterocycles. The van der Waals surface area contributed by atoms with Gasteiger partial charge in [0.15, 0.2) is 5.84 Å². The summed E-state index contributed by atoms with van der Waals surface area (Å²) < 4.78 is 19.0. The normalized spacial score (nSPS) is 11.5. The van der Waals surface area contributed by atoms with Gasteiger partial charge in [0.2, 0.25) is 0 Å². The predicted octanol–water partition coefficient (Wildman–Crippen LogP) is 3.22. The first-order valence-corrected chi connectivity index (χ1v) is 7.31. The average molecular weight is 325 g/mol. The molecule has 2 N–H and O–H groups in total. The summed E-state index contributed by atoms with van der Waals surface area (Å²) in [7, 11) is 1.56. The summed E-state index contributed by atoms with van der Waals surface area (Å²) in [5.41, 5.74) is 7.85. The topological polar surface area (TPSA) is 69.7 Å². The molecule has 0 bridgehead atoms. The van der Waals surface area contributed by atoms with Gasteiger partial charge in [0.1, 0.15) is 18.2 Å². The van der Waals surface area contributed by atoms with Crippen LogP contribution in [-0.2, 0) is 11.4 Å². The number of methoxy groups -OCH3 is 1. The fraction of sp³-hybridized carbons (Fsp3) is 0.111. The molecule has 0 saturated carbocycles. The minimum absolute atomic E-state index is 0.129. The summed E-state index contributed by atoms with van der Waals surface area (Å²) in [6.07, 6.45) is 1.61. The highest BCUT2D eigenvalue weighted by atomic mass is 19.1. The molecule has 1 heterocycles. The predicted molar refractivity (Wildman–Crippen MR) is 90.2 cm³/mol. The van der Waals surface area contributed by atoms with Gasteiger partial charge in [-0.3, -0.25) is 4.98 Å². The molecule has 0 aliphatic rings. The number of hydrogen-bond donors (Lipinski definition) is 1. The zero-order valence-electron chi connectivity index (χ0n) is 13.1. The number of oxime groups is 1. The van der Waals surface area contributed by atoms with Crippen molar-refractivity contribution in [3.05, 3.63) is 71.7 Å². The number of fused-ring (bicyclic) bond motifs is 1. The second kappa shape index (κ2) is 6.95. The highest BCUT2D eigenvalue weighted by Crippen LogP contribution is 2.21. The van der Waals surface area contributed by atoms with Crippen LogP contribution in [0, 0.1) is 5.82 Å². The highest BCUT2D eigenvalue weighted by Gasteiger charge is 2.09. The van der Waals surface area contributed by atoms with Crippen LogP contribution in [0.2, 0.25) is 0 Å². The Morgan fingerprint density at radius 3 is 2.83 bits per heavy atom. The van der Waals surface area contributed by atoms with E-state index in [9.17, 15) is 4.39 Å². The van der Waals surface area contributed by atoms with Gasteiger partial charge >= 0.3 is 0 Å². The van der Waals surface area contributed by atoms with Crippen molar-refractivity contribution in [3.8, 4) is 5.75 Å². The van der Waals surface area contributed by atoms with Crippen LogP contribution in [0.25, 0.3) is 10.9 Å². The molecule has 0 amide bonds. The standard InChI is InChI=1S/C18H16FN3O2/c1-23-16-7-3-2-5-14(16)18(20)22-24-11-12-8-9-15(19)13-6-4-10-21-17(12)13/h2-10H,11H2,1H3,(H2,20,22). The van der Waals surface area contributed by atoms with E-state index in [1.165, 1.54) is 6.07 Å². The molecular formula is C18H16FN3O2. The molecule has 1 aromatic heterocycles. The van der Waals surface area contributed by atoms with Crippen molar-refractivity contribution in [3.63, 3.8) is 0 Å². The largest absolute Gasteiger partial charge is 0.496 e. The molecule has 0 radical (unpaired) electrons. The van der Waals surface area contributed by atoms with E-state index in [1.54, 1.807) is 43.6 Å². The summed E-state index contributed by atoms with van der Waals surface area (Å²) >= 11 is 0. The molecular weight excluding hydrogens is 309 g/mol. The Hall–Kier alpha value is -3.15. The summed E-state index contributed by atoms with van der Waals surface area (Å²) in [6.45, 7) is 0.129. The minimum Gasteiger partial charge on any atom is -0.496 e. The van der Waals surface area contributed by atoms with Gasteiger partial charge in [-0.2, -0.15) is 0 Å². The van der Waals surface area contributed by atoms with Gasteiger partial charge in [-0.1, -0.05) is 23.4 Å². The first kappa shape index (κ1) is 15.7. The first-order chi connectivity index (χ1) is 11.7. The number of para-hydroxylation sites is 1. The third-order valence-corrected chi connectivity index (χ3v) is 3.57. The second-order valence-electron chi connectivity index (χ2n) is 5.06. The molecule has 0 saturated heterocycles. The van der Waals surface area contributed by atoms with Gasteiger partial charge in [0.05, 0.1) is 18.2 Å². The number of rotatable bonds is 5. The van der Waals surface area contributed by atoms with Crippen LogP contribution in [-0.4, -0.2) is 17.9 Å². The van der Waals surface area contributed by atoms with Crippen LogP contribution in [0.3, 0.4) is 0 Å². The van der Waals surface area contributed by atoms with E-state index in [0.717, 1.165) is 5.56 Å². The lowest BCUT2D eigenvalue weighted by molar-refractivity contribution is 0.131. The Balaban J connectivity index is 1.80. The maximum absolute atomic E-state index is 13.8. The number of halogens is 1. The van der Waals surface area contributed by atoms with Gasteiger partial charge in [0, 0.05) is 17.1 Å². The zero-order valence-corrected chi connectivity index (χ0v) is 13.1. The second-order valence-corrected chi connectivity index (χ2v) is 5.06. The molecule has 0 unspecified atom stereocenters. The summed E-state index contributed by atoms with van der Waals surface area (Å²) in [5, 5.41) is 4.37. The third-order valence-electron chi connectivity index (χ3n) is 3.57. The highest BCUT2D eigenvalue weighted by molar-refractivity contribution is 5.99. The van der Waals surface area contributed by atoms with Gasteiger partial charge in [-0.05, 0) is 30.3 Å². The lowest BCUT2D eigenvalue weighted by atomic mass is 10.1. The van der Waals surface area contributed by atoms with E-state index in [-0.39, 0.29) is 18.3 Å². The van der Waals surface area contributed by atoms with Gasteiger partial charge in [0.25, 0.3) is 0 Å². The van der Waals surface area contributed by atoms with Crippen molar-refractivity contribution in [2.75, 3.05) is 7.11 Å². The van der Waals surface area contributed by atoms with E-state index in [0.29, 0.717) is 22.2 Å². The van der Waals surface area contributed by atoms with Crippen molar-refractivity contribution in [2.24, 2.45) is 10.9 Å². The first-order valence-electron chi connectivity index (χ1n) is 7.31. The SMILES string of the molecule is COc1ccccc1C(N)=NOCc1ccc(F)c2cccnc12. The van der Waals surface area contributed by atoms with Crippen LogP contribution in [0.15, 0.2) is 59.9 Å². The smallest absolute Gasteiger partial charge is 0.174 e. The molecule has 6 heteroatoms. The Morgan fingerprint density at radius 2 is 2.00 bits per heavy atom. The molecule has 0 aliphatic carbocycles. The van der Waals surface area contributed by atoms with Crippen LogP contribution in [0.1, 0.15) is 11.1 Å². The molecule has 5 nitrogen and oxygen atoms in total. The molecule has 122 valence electrons. The van der Waals surface area contributed by atoms with E-state index in [4.69, 9.17) is 15.3 Å². The third kappa shape index (κ3) is 3.12. The van der Waals surface area contributed by atoms with Crippen molar-refractivity contribution in [2.45, 2.75) is 6.61 Å². The molecule has 0 fully saturated rings. The van der Waals surface area contributed by atoms with Crippen LogP contribution < -0.4 is 10.5 Å². The number of ether oxygens (including phenoxy) is 1. The minimum atomic E-state index is -0.320. The molecule has 0 atom stereocenters. The van der Waals surface area contributed by atoms with E-state index in [2.05, 4.69) is 10.1 Å². The summed E-state index contributed by atoms with van der Waals surface area (Å²) in [5.74, 6) is 0.488. The number of aromatic nitrogens is 1. The monoisotopic (exact) mass is 325 g/mol. The molecule has 3 aromatic rings. The van der Waals surface area contributed by atoms with Crippen molar-refractivity contribution in [1.82, 2.24) is 4.98 Å². The maximum Gasteiger partial charge on any atom is 0.174 e. The number of nitrogens with zero attached hydrogens (tertiary/aromatic N) is 2. The number of nitrogens with two attached hydrogens (primary N) is 1. The fourth-order valence-electron chi connectivity index (χ4n) is 2.39. The average Bonchev–Trinajstić information content (AvgIpc) is 2.63. The van der Waals surface area contributed by atoms with Gasteiger partial charge in [-0.25, -0.2) is 4.39 Å². The molecule has 24 heavy (non-hydrogen) atoms. The molecule has 3 rings (SSSR count). The van der Waals surface area contributed by atoms with Crippen molar-refractivity contribution >= 4 is 16.7 Å². The van der Waals surface area contributed by atoms with E-state index in [1.807, 2.05) is 12.1 Å². The molecule has 0 spiro atoms. The van der Waals surface area contributed by atoms with Gasteiger partial charge in [-0.15, -0.1) is 0 Å². The Bertz CT molecular complexity index is 896. The number of benzene rings is 2. The van der Waals surface area contributed by atoms with Crippen LogP contribution in [0.5, 0.6) is 5.75 Å². The van der Waals surface area contributed by atoms with Crippen LogP contribution in [0.4, 0.5) is 4.39 Å². The number of amidine groups is 1. The molecule has 2 aromatic carbocycles.